The van der Waals surface area contributed by atoms with Crippen LogP contribution in [0.25, 0.3) is 11.6 Å². The van der Waals surface area contributed by atoms with Gasteiger partial charge in [-0.3, -0.25) is 9.89 Å². The largest absolute Gasteiger partial charge is 0.461 e. The summed E-state index contributed by atoms with van der Waals surface area (Å²) >= 11 is 1.28. The molecular formula is C18H20N4O2S. The first-order chi connectivity index (χ1) is 12.0. The average Bonchev–Trinajstić information content (AvgIpc) is 3.26. The fraction of sp³-hybridized carbons (Fsp3) is 0.278. The van der Waals surface area contributed by atoms with E-state index in [9.17, 15) is 4.79 Å². The van der Waals surface area contributed by atoms with Gasteiger partial charge < -0.3 is 9.73 Å². The summed E-state index contributed by atoms with van der Waals surface area (Å²) in [6.07, 6.45) is 1.58. The first kappa shape index (κ1) is 17.3. The van der Waals surface area contributed by atoms with Gasteiger partial charge in [0.15, 0.2) is 11.6 Å². The number of hydrogen-bond donors (Lipinski definition) is 2. The minimum Gasteiger partial charge on any atom is -0.461 e. The van der Waals surface area contributed by atoms with Gasteiger partial charge in [-0.05, 0) is 49.6 Å². The van der Waals surface area contributed by atoms with E-state index in [2.05, 4.69) is 46.5 Å². The van der Waals surface area contributed by atoms with Crippen molar-refractivity contribution in [1.29, 1.82) is 0 Å². The van der Waals surface area contributed by atoms with Gasteiger partial charge in [0.2, 0.25) is 11.1 Å². The van der Waals surface area contributed by atoms with E-state index in [1.54, 1.807) is 18.4 Å². The molecule has 6 nitrogen and oxygen atoms in total. The number of H-pyrrole nitrogens is 1. The molecule has 130 valence electrons. The minimum absolute atomic E-state index is 0.0433. The lowest BCUT2D eigenvalue weighted by atomic mass is 10.0. The Hall–Kier alpha value is -2.54. The molecule has 0 aliphatic heterocycles. The van der Waals surface area contributed by atoms with Crippen molar-refractivity contribution in [2.75, 3.05) is 5.75 Å². The molecule has 1 aromatic carbocycles. The van der Waals surface area contributed by atoms with Crippen LogP contribution in [-0.4, -0.2) is 26.8 Å². The maximum atomic E-state index is 12.2. The number of amides is 1. The third kappa shape index (κ3) is 4.30. The summed E-state index contributed by atoms with van der Waals surface area (Å²) in [6.45, 7) is 6.13. The molecule has 0 aliphatic rings. The molecule has 0 radical (unpaired) electrons. The SMILES string of the molecule is Cc1ccc([C@H](C)NC(=O)CSc2n[nH]c(-c3ccco3)n2)cc1C. The molecule has 1 amide bonds. The number of carbonyl (C=O) groups is 1. The monoisotopic (exact) mass is 356 g/mol. The molecule has 2 N–H and O–H groups in total. The number of thioether (sulfide) groups is 1. The molecule has 0 saturated heterocycles. The number of aromatic nitrogens is 3. The highest BCUT2D eigenvalue weighted by Gasteiger charge is 2.13. The molecule has 1 atom stereocenters. The molecule has 0 aliphatic carbocycles. The van der Waals surface area contributed by atoms with E-state index in [4.69, 9.17) is 4.42 Å². The van der Waals surface area contributed by atoms with E-state index >= 15 is 0 Å². The highest BCUT2D eigenvalue weighted by atomic mass is 32.2. The van der Waals surface area contributed by atoms with Crippen molar-refractivity contribution in [2.24, 2.45) is 0 Å². The fourth-order valence-electron chi connectivity index (χ4n) is 2.36. The van der Waals surface area contributed by atoms with Crippen LogP contribution in [0.5, 0.6) is 0 Å². The third-order valence-corrected chi connectivity index (χ3v) is 4.81. The molecule has 3 aromatic rings. The number of benzene rings is 1. The number of aryl methyl sites for hydroxylation is 2. The number of nitrogens with one attached hydrogen (secondary N) is 2. The first-order valence-electron chi connectivity index (χ1n) is 7.98. The molecular weight excluding hydrogens is 336 g/mol. The normalized spacial score (nSPS) is 12.1. The van der Waals surface area contributed by atoms with Crippen molar-refractivity contribution in [3.05, 3.63) is 53.3 Å². The van der Waals surface area contributed by atoms with Gasteiger partial charge in [0.05, 0.1) is 18.1 Å². The predicted molar refractivity (Wildman–Crippen MR) is 97.3 cm³/mol. The number of furan rings is 1. The topological polar surface area (TPSA) is 83.8 Å². The van der Waals surface area contributed by atoms with Crippen LogP contribution in [0.2, 0.25) is 0 Å². The number of carbonyl (C=O) groups excluding carboxylic acids is 1. The first-order valence-corrected chi connectivity index (χ1v) is 8.97. The number of aromatic amines is 1. The van der Waals surface area contributed by atoms with E-state index in [0.717, 1.165) is 5.56 Å². The Labute approximate surface area is 150 Å². The van der Waals surface area contributed by atoms with Crippen molar-refractivity contribution < 1.29 is 9.21 Å². The van der Waals surface area contributed by atoms with Crippen molar-refractivity contribution in [1.82, 2.24) is 20.5 Å². The van der Waals surface area contributed by atoms with Gasteiger partial charge in [-0.2, -0.15) is 4.98 Å². The predicted octanol–water partition coefficient (Wildman–Crippen LogP) is 3.65. The van der Waals surface area contributed by atoms with Gasteiger partial charge in [-0.25, -0.2) is 0 Å². The van der Waals surface area contributed by atoms with Crippen LogP contribution in [0.1, 0.15) is 29.7 Å². The summed E-state index contributed by atoms with van der Waals surface area (Å²) in [7, 11) is 0. The lowest BCUT2D eigenvalue weighted by Crippen LogP contribution is -2.28. The molecule has 0 bridgehead atoms. The lowest BCUT2D eigenvalue weighted by molar-refractivity contribution is -0.119. The van der Waals surface area contributed by atoms with E-state index in [-0.39, 0.29) is 17.7 Å². The summed E-state index contributed by atoms with van der Waals surface area (Å²) < 4.78 is 5.26. The second-order valence-electron chi connectivity index (χ2n) is 5.87. The number of rotatable bonds is 6. The fourth-order valence-corrected chi connectivity index (χ4v) is 2.97. The van der Waals surface area contributed by atoms with Crippen LogP contribution in [-0.2, 0) is 4.79 Å². The maximum absolute atomic E-state index is 12.2. The summed E-state index contributed by atoms with van der Waals surface area (Å²) in [6, 6.07) is 9.77. The quantitative estimate of drug-likeness (QED) is 0.659. The molecule has 7 heteroatoms. The standard InChI is InChI=1S/C18H20N4O2S/c1-11-6-7-14(9-12(11)2)13(3)19-16(23)10-25-18-20-17(21-22-18)15-5-4-8-24-15/h4-9,13H,10H2,1-3H3,(H,19,23)(H,20,21,22)/t13-/m0/s1. The Kier molecular flexibility index (Phi) is 5.23. The summed E-state index contributed by atoms with van der Waals surface area (Å²) in [5.41, 5.74) is 3.56. The molecule has 0 spiro atoms. The van der Waals surface area contributed by atoms with Gasteiger partial charge in [0.25, 0.3) is 0 Å². The van der Waals surface area contributed by atoms with Gasteiger partial charge in [0, 0.05) is 0 Å². The second kappa shape index (κ2) is 7.57. The van der Waals surface area contributed by atoms with Crippen molar-refractivity contribution in [3.8, 4) is 11.6 Å². The number of nitrogens with zero attached hydrogens (tertiary/aromatic N) is 2. The Balaban J connectivity index is 1.53. The molecule has 2 heterocycles. The van der Waals surface area contributed by atoms with Crippen LogP contribution in [0.4, 0.5) is 0 Å². The van der Waals surface area contributed by atoms with Gasteiger partial charge in [-0.15, -0.1) is 5.10 Å². The molecule has 0 fully saturated rings. The third-order valence-electron chi connectivity index (χ3n) is 3.96. The summed E-state index contributed by atoms with van der Waals surface area (Å²) in [5, 5.41) is 10.4. The van der Waals surface area contributed by atoms with Crippen LogP contribution in [0.15, 0.2) is 46.2 Å². The van der Waals surface area contributed by atoms with Crippen LogP contribution >= 0.6 is 11.8 Å². The van der Waals surface area contributed by atoms with E-state index in [1.807, 2.05) is 13.0 Å². The van der Waals surface area contributed by atoms with Gasteiger partial charge in [-0.1, -0.05) is 30.0 Å². The molecule has 0 saturated carbocycles. The molecule has 3 rings (SSSR count). The maximum Gasteiger partial charge on any atom is 0.230 e. The Morgan fingerprint density at radius 3 is 2.88 bits per heavy atom. The Bertz CT molecular complexity index is 858. The zero-order valence-electron chi connectivity index (χ0n) is 14.4. The second-order valence-corrected chi connectivity index (χ2v) is 6.81. The summed E-state index contributed by atoms with van der Waals surface area (Å²) in [4.78, 5) is 16.5. The highest BCUT2D eigenvalue weighted by molar-refractivity contribution is 7.99. The Morgan fingerprint density at radius 2 is 2.16 bits per heavy atom. The molecule has 2 aromatic heterocycles. The van der Waals surface area contributed by atoms with E-state index in [1.165, 1.54) is 22.9 Å². The highest BCUT2D eigenvalue weighted by Crippen LogP contribution is 2.20. The lowest BCUT2D eigenvalue weighted by Gasteiger charge is -2.15. The van der Waals surface area contributed by atoms with Crippen molar-refractivity contribution >= 4 is 17.7 Å². The van der Waals surface area contributed by atoms with Crippen LogP contribution in [0, 0.1) is 13.8 Å². The Morgan fingerprint density at radius 1 is 1.32 bits per heavy atom. The summed E-state index contributed by atoms with van der Waals surface area (Å²) in [5.74, 6) is 1.37. The average molecular weight is 356 g/mol. The minimum atomic E-state index is -0.0555. The zero-order chi connectivity index (χ0) is 17.8. The van der Waals surface area contributed by atoms with Crippen LogP contribution < -0.4 is 5.32 Å². The van der Waals surface area contributed by atoms with E-state index in [0.29, 0.717) is 16.7 Å². The molecule has 25 heavy (non-hydrogen) atoms. The van der Waals surface area contributed by atoms with E-state index < -0.39 is 0 Å². The van der Waals surface area contributed by atoms with Crippen molar-refractivity contribution in [2.45, 2.75) is 32.0 Å². The zero-order valence-corrected chi connectivity index (χ0v) is 15.2. The van der Waals surface area contributed by atoms with Crippen LogP contribution in [0.3, 0.4) is 0 Å². The smallest absolute Gasteiger partial charge is 0.230 e. The van der Waals surface area contributed by atoms with Crippen molar-refractivity contribution in [3.63, 3.8) is 0 Å². The van der Waals surface area contributed by atoms with Gasteiger partial charge >= 0.3 is 0 Å². The van der Waals surface area contributed by atoms with Gasteiger partial charge in [0.1, 0.15) is 0 Å². The number of hydrogen-bond acceptors (Lipinski definition) is 5. The molecule has 0 unspecified atom stereocenters.